The summed E-state index contributed by atoms with van der Waals surface area (Å²) < 4.78 is 49.6. The van der Waals surface area contributed by atoms with Gasteiger partial charge in [-0.05, 0) is 98.2 Å². The Morgan fingerprint density at radius 3 is 2.10 bits per heavy atom. The number of hydrogen-bond acceptors (Lipinski definition) is 17. The summed E-state index contributed by atoms with van der Waals surface area (Å²) in [6.07, 6.45) is -11.7. The van der Waals surface area contributed by atoms with E-state index in [1.807, 2.05) is 0 Å². The van der Waals surface area contributed by atoms with Crippen molar-refractivity contribution in [2.75, 3.05) is 19.8 Å². The second kappa shape index (κ2) is 17.2. The molecule has 8 fully saturated rings. The predicted molar refractivity (Wildman–Crippen MR) is 219 cm³/mol. The highest BCUT2D eigenvalue weighted by atomic mass is 16.8. The van der Waals surface area contributed by atoms with E-state index in [0.717, 1.165) is 51.6 Å². The molecule has 17 heteroatoms. The van der Waals surface area contributed by atoms with E-state index in [1.165, 1.54) is 12.5 Å². The van der Waals surface area contributed by atoms with Crippen molar-refractivity contribution in [3.05, 3.63) is 11.6 Å². The number of rotatable bonds is 8. The lowest BCUT2D eigenvalue weighted by Gasteiger charge is -2.63. The molecule has 0 bridgehead atoms. The quantitative estimate of drug-likeness (QED) is 0.151. The smallest absolute Gasteiger partial charge is 0.187 e. The second-order valence-corrected chi connectivity index (χ2v) is 21.8. The summed E-state index contributed by atoms with van der Waals surface area (Å²) in [5.41, 5.74) is 1.48. The molecule has 63 heavy (non-hydrogen) atoms. The van der Waals surface area contributed by atoms with Crippen LogP contribution in [-0.4, -0.2) is 176 Å². The van der Waals surface area contributed by atoms with Crippen LogP contribution in [0.15, 0.2) is 11.6 Å². The average Bonchev–Trinajstić information content (AvgIpc) is 3.71. The Morgan fingerprint density at radius 1 is 0.683 bits per heavy atom. The summed E-state index contributed by atoms with van der Waals surface area (Å²) in [6, 6.07) is 0. The van der Waals surface area contributed by atoms with Crippen molar-refractivity contribution in [1.82, 2.24) is 0 Å². The molecule has 3 saturated carbocycles. The molecule has 5 heterocycles. The Balaban J connectivity index is 0.917. The molecular formula is C46H74O17. The Labute approximate surface area is 369 Å². The number of aliphatic hydroxyl groups excluding tert-OH is 9. The van der Waals surface area contributed by atoms with E-state index in [0.29, 0.717) is 42.4 Å². The maximum absolute atomic E-state index is 11.6. The number of fused-ring (bicyclic) bond motifs is 7. The van der Waals surface area contributed by atoms with Gasteiger partial charge in [-0.2, -0.15) is 0 Å². The second-order valence-electron chi connectivity index (χ2n) is 21.8. The predicted octanol–water partition coefficient (Wildman–Crippen LogP) is 0.604. The lowest BCUT2D eigenvalue weighted by Crippen LogP contribution is -2.65. The Kier molecular flexibility index (Phi) is 12.9. The van der Waals surface area contributed by atoms with E-state index in [-0.39, 0.29) is 22.3 Å². The molecule has 9 rings (SSSR count). The van der Waals surface area contributed by atoms with Crippen LogP contribution in [0.5, 0.6) is 0 Å². The summed E-state index contributed by atoms with van der Waals surface area (Å²) >= 11 is 0. The van der Waals surface area contributed by atoms with Gasteiger partial charge in [0, 0.05) is 12.3 Å². The lowest BCUT2D eigenvalue weighted by molar-refractivity contribution is -0.375. The standard InChI is InChI=1S/C46H74O17/c1-20-7-14-46(57-18-20)21(2)30-25(63-46)16-29-44(5)11-8-23-15-24(9-12-43(23,4)28(44)10-13-45(29,30)6)59-42-39(62-41-38(55)34(51)31(48)22(3)58-41)36(53)33(50)27(61-42)19-56-40-37(54)35(52)32(49)26(17-47)60-40/h8,20-22,24-42,47-55H,7,9-19H2,1-6H3/t20-,21+,22+,24-,25+,26+,27+,28-,29+,30+,31+,32+,33+,34-,35-,36-,37+,38+,39+,40+,41-,42+,43-,44-,45-,46+/m1/s1. The zero-order valence-corrected chi connectivity index (χ0v) is 37.6. The van der Waals surface area contributed by atoms with E-state index in [4.69, 9.17) is 37.9 Å². The summed E-state index contributed by atoms with van der Waals surface area (Å²) in [4.78, 5) is 0. The fourth-order valence-electron chi connectivity index (χ4n) is 14.6. The molecule has 26 atom stereocenters. The highest BCUT2D eigenvalue weighted by molar-refractivity contribution is 5.29. The van der Waals surface area contributed by atoms with E-state index in [9.17, 15) is 46.0 Å². The van der Waals surface area contributed by atoms with Gasteiger partial charge in [-0.1, -0.05) is 46.3 Å². The van der Waals surface area contributed by atoms with Crippen LogP contribution in [0, 0.1) is 45.8 Å². The average molecular weight is 899 g/mol. The SMILES string of the molecule is C[C@@H]1CC[C@]2(OC1)O[C@H]1C[C@@H]3[C@@](C)(CC[C@H]4[C@@]3(C)CC=C3C[C@H](O[C@H]5O[C@@H](CO[C@H]6O[C@@H](CO)[C@H](O)[C@@H](O)[C@@H]6O)[C@H](O)[C@@H](O)[C@@H]5O[C@H]5O[C@@H](C)[C@H](O)[C@@H](O)[C@@H]5O)CC[C@]34C)[C@H]1[C@@H]2C. The molecule has 17 nitrogen and oxygen atoms in total. The highest BCUT2D eigenvalue weighted by Crippen LogP contribution is 2.74. The Morgan fingerprint density at radius 2 is 1.38 bits per heavy atom. The van der Waals surface area contributed by atoms with Crippen molar-refractivity contribution < 1.29 is 83.9 Å². The van der Waals surface area contributed by atoms with Gasteiger partial charge in [-0.25, -0.2) is 0 Å². The molecule has 5 saturated heterocycles. The molecule has 0 aromatic carbocycles. The minimum absolute atomic E-state index is 0.0732. The lowest BCUT2D eigenvalue weighted by atomic mass is 9.41. The number of ether oxygens (including phenoxy) is 8. The maximum atomic E-state index is 11.6. The molecule has 0 aromatic heterocycles. The molecule has 4 aliphatic carbocycles. The third kappa shape index (κ3) is 7.63. The van der Waals surface area contributed by atoms with Gasteiger partial charge >= 0.3 is 0 Å². The monoisotopic (exact) mass is 898 g/mol. The van der Waals surface area contributed by atoms with Crippen molar-refractivity contribution >= 4 is 0 Å². The third-order valence-electron chi connectivity index (χ3n) is 18.2. The van der Waals surface area contributed by atoms with Crippen molar-refractivity contribution in [1.29, 1.82) is 0 Å². The van der Waals surface area contributed by atoms with Crippen LogP contribution in [0.1, 0.15) is 99.3 Å². The van der Waals surface area contributed by atoms with E-state index < -0.39 is 117 Å². The van der Waals surface area contributed by atoms with Gasteiger partial charge in [0.2, 0.25) is 0 Å². The van der Waals surface area contributed by atoms with Crippen LogP contribution in [0.4, 0.5) is 0 Å². The number of allylic oxidation sites excluding steroid dienone is 1. The number of hydrogen-bond donors (Lipinski definition) is 9. The fourth-order valence-corrected chi connectivity index (χ4v) is 14.6. The van der Waals surface area contributed by atoms with Crippen LogP contribution in [0.25, 0.3) is 0 Å². The summed E-state index contributed by atoms with van der Waals surface area (Å²) in [5, 5.41) is 95.5. The largest absolute Gasteiger partial charge is 0.394 e. The Hall–Kier alpha value is -0.940. The van der Waals surface area contributed by atoms with Gasteiger partial charge in [-0.15, -0.1) is 0 Å². The van der Waals surface area contributed by atoms with Crippen molar-refractivity contribution in [3.8, 4) is 0 Å². The fraction of sp³-hybridized carbons (Fsp3) is 0.957. The van der Waals surface area contributed by atoms with E-state index in [2.05, 4.69) is 40.7 Å². The van der Waals surface area contributed by atoms with Gasteiger partial charge in [0.1, 0.15) is 67.1 Å². The summed E-state index contributed by atoms with van der Waals surface area (Å²) in [7, 11) is 0. The molecule has 9 N–H and O–H groups in total. The molecule has 0 unspecified atom stereocenters. The van der Waals surface area contributed by atoms with E-state index >= 15 is 0 Å². The zero-order valence-electron chi connectivity index (χ0n) is 37.6. The minimum Gasteiger partial charge on any atom is -0.394 e. The van der Waals surface area contributed by atoms with E-state index in [1.54, 1.807) is 0 Å². The first-order valence-corrected chi connectivity index (χ1v) is 23.7. The normalized spacial score (nSPS) is 58.1. The van der Waals surface area contributed by atoms with Gasteiger partial charge in [-0.3, -0.25) is 0 Å². The zero-order chi connectivity index (χ0) is 45.1. The van der Waals surface area contributed by atoms with Crippen LogP contribution in [0.2, 0.25) is 0 Å². The summed E-state index contributed by atoms with van der Waals surface area (Å²) in [6.45, 7) is 13.2. The minimum atomic E-state index is -1.71. The Bertz CT molecular complexity index is 1660. The first-order valence-electron chi connectivity index (χ1n) is 23.7. The molecule has 360 valence electrons. The van der Waals surface area contributed by atoms with Gasteiger partial charge in [0.05, 0.1) is 38.1 Å². The maximum Gasteiger partial charge on any atom is 0.187 e. The van der Waals surface area contributed by atoms with Crippen molar-refractivity contribution in [2.45, 2.75) is 209 Å². The van der Waals surface area contributed by atoms with Gasteiger partial charge < -0.3 is 83.9 Å². The molecular weight excluding hydrogens is 824 g/mol. The topological polar surface area (TPSA) is 256 Å². The molecule has 0 radical (unpaired) electrons. The van der Waals surface area contributed by atoms with Crippen LogP contribution in [0.3, 0.4) is 0 Å². The van der Waals surface area contributed by atoms with Crippen LogP contribution >= 0.6 is 0 Å². The number of aliphatic hydroxyl groups is 9. The molecule has 9 aliphatic rings. The molecule has 1 spiro atoms. The molecule has 0 amide bonds. The third-order valence-corrected chi connectivity index (χ3v) is 18.2. The van der Waals surface area contributed by atoms with Crippen molar-refractivity contribution in [2.24, 2.45) is 45.8 Å². The van der Waals surface area contributed by atoms with Gasteiger partial charge in [0.15, 0.2) is 24.7 Å². The first kappa shape index (κ1) is 47.1. The highest BCUT2D eigenvalue weighted by Gasteiger charge is 2.71. The molecule has 0 aromatic rings. The van der Waals surface area contributed by atoms with Crippen LogP contribution < -0.4 is 0 Å². The van der Waals surface area contributed by atoms with Gasteiger partial charge in [0.25, 0.3) is 0 Å². The summed E-state index contributed by atoms with van der Waals surface area (Å²) in [5.74, 6) is 1.86. The van der Waals surface area contributed by atoms with Crippen molar-refractivity contribution in [3.63, 3.8) is 0 Å². The first-order chi connectivity index (χ1) is 29.8. The van der Waals surface area contributed by atoms with Crippen LogP contribution in [-0.2, 0) is 37.9 Å². The molecule has 5 aliphatic heterocycles.